The second kappa shape index (κ2) is 10.5. The van der Waals surface area contributed by atoms with Gasteiger partial charge in [0.25, 0.3) is 10.0 Å². The van der Waals surface area contributed by atoms with Gasteiger partial charge in [-0.2, -0.15) is 0 Å². The van der Waals surface area contributed by atoms with Crippen molar-refractivity contribution in [3.05, 3.63) is 30.3 Å². The second-order valence-electron chi connectivity index (χ2n) is 2.69. The van der Waals surface area contributed by atoms with Crippen LogP contribution in [-0.4, -0.2) is 30.8 Å². The summed E-state index contributed by atoms with van der Waals surface area (Å²) < 4.78 is 22.7. The molecule has 0 bridgehead atoms. The molecule has 1 rings (SSSR count). The number of hydrazine groups is 1. The Balaban J connectivity index is -0.000000429. The van der Waals surface area contributed by atoms with Crippen LogP contribution in [0.1, 0.15) is 0 Å². The standard InChI is InChI=1S/C7H9N3O3S.CH2O3.2H3N/c8-7(11)9-10-14(12,13)6-4-2-1-3-5-6;2-1(3)4;;/h1-5,10H,(H3,8,9,11);(H2,2,3,4);2*1H3. The predicted molar refractivity (Wildman–Crippen MR) is 70.2 cm³/mol. The Morgan fingerprint density at radius 3 is 1.80 bits per heavy atom. The number of carbonyl (C=O) groups excluding carboxylic acids is 1. The first-order valence-electron chi connectivity index (χ1n) is 4.30. The molecular formula is C8H17N5O6S. The summed E-state index contributed by atoms with van der Waals surface area (Å²) in [5.41, 5.74) is 6.49. The lowest BCUT2D eigenvalue weighted by molar-refractivity contribution is 0.137. The molecule has 0 heterocycles. The van der Waals surface area contributed by atoms with Crippen molar-refractivity contribution in [1.29, 1.82) is 0 Å². The van der Waals surface area contributed by atoms with Gasteiger partial charge in [0.1, 0.15) is 0 Å². The molecule has 0 aliphatic rings. The van der Waals surface area contributed by atoms with Crippen molar-refractivity contribution in [3.63, 3.8) is 0 Å². The van der Waals surface area contributed by atoms with Crippen LogP contribution >= 0.6 is 0 Å². The van der Waals surface area contributed by atoms with E-state index in [4.69, 9.17) is 20.7 Å². The van der Waals surface area contributed by atoms with Crippen LogP contribution in [0.2, 0.25) is 0 Å². The number of nitrogens with one attached hydrogen (secondary N) is 2. The Labute approximate surface area is 115 Å². The molecule has 1 aromatic carbocycles. The van der Waals surface area contributed by atoms with Crippen molar-refractivity contribution in [2.24, 2.45) is 5.73 Å². The number of hydrogen-bond acceptors (Lipinski definition) is 6. The van der Waals surface area contributed by atoms with Gasteiger partial charge in [0.15, 0.2) is 0 Å². The molecule has 1 aromatic rings. The van der Waals surface area contributed by atoms with Crippen LogP contribution in [-0.2, 0) is 10.0 Å². The molecule has 0 atom stereocenters. The molecular weight excluding hydrogens is 294 g/mol. The summed E-state index contributed by atoms with van der Waals surface area (Å²) in [4.78, 5) is 20.7. The molecule has 2 amide bonds. The number of carbonyl (C=O) groups is 2. The van der Waals surface area contributed by atoms with E-state index in [9.17, 15) is 13.2 Å². The fourth-order valence-corrected chi connectivity index (χ4v) is 1.64. The maximum Gasteiger partial charge on any atom is 0.503 e. The number of urea groups is 1. The van der Waals surface area contributed by atoms with Gasteiger partial charge in [-0.1, -0.05) is 18.2 Å². The molecule has 12 N–H and O–H groups in total. The highest BCUT2D eigenvalue weighted by Crippen LogP contribution is 2.05. The Hall–Kier alpha value is -2.41. The summed E-state index contributed by atoms with van der Waals surface area (Å²) in [6.45, 7) is 0. The van der Waals surface area contributed by atoms with Crippen LogP contribution in [0.5, 0.6) is 0 Å². The lowest BCUT2D eigenvalue weighted by Crippen LogP contribution is -2.44. The Bertz CT molecular complexity index is 501. The molecule has 0 saturated heterocycles. The quantitative estimate of drug-likeness (QED) is 0.377. The largest absolute Gasteiger partial charge is 0.503 e. The highest BCUT2D eigenvalue weighted by Gasteiger charge is 2.12. The molecule has 0 fully saturated rings. The van der Waals surface area contributed by atoms with Crippen molar-refractivity contribution in [2.75, 3.05) is 0 Å². The first-order valence-corrected chi connectivity index (χ1v) is 5.78. The highest BCUT2D eigenvalue weighted by atomic mass is 32.2. The van der Waals surface area contributed by atoms with Crippen LogP contribution < -0.4 is 28.3 Å². The number of primary amides is 1. The maximum absolute atomic E-state index is 11.4. The summed E-state index contributed by atoms with van der Waals surface area (Å²) in [5, 5.41) is 13.9. The van der Waals surface area contributed by atoms with Crippen molar-refractivity contribution >= 4 is 22.2 Å². The fourth-order valence-electron chi connectivity index (χ4n) is 0.776. The van der Waals surface area contributed by atoms with Crippen LogP contribution in [0.25, 0.3) is 0 Å². The zero-order chi connectivity index (χ0) is 14.2. The van der Waals surface area contributed by atoms with E-state index >= 15 is 0 Å². The number of amides is 2. The van der Waals surface area contributed by atoms with Gasteiger partial charge in [-0.25, -0.2) is 18.0 Å². The van der Waals surface area contributed by atoms with E-state index in [1.54, 1.807) is 23.6 Å². The number of benzene rings is 1. The first-order chi connectivity index (χ1) is 8.25. The predicted octanol–water partition coefficient (Wildman–Crippen LogP) is 0.0946. The van der Waals surface area contributed by atoms with E-state index in [1.807, 2.05) is 4.83 Å². The van der Waals surface area contributed by atoms with Crippen LogP contribution in [0, 0.1) is 0 Å². The van der Waals surface area contributed by atoms with Gasteiger partial charge >= 0.3 is 12.2 Å². The van der Waals surface area contributed by atoms with Gasteiger partial charge in [-0.3, -0.25) is 5.43 Å². The van der Waals surface area contributed by atoms with E-state index in [0.717, 1.165) is 0 Å². The van der Waals surface area contributed by atoms with E-state index < -0.39 is 22.2 Å². The average molecular weight is 311 g/mol. The lowest BCUT2D eigenvalue weighted by atomic mass is 10.4. The second-order valence-corrected chi connectivity index (χ2v) is 4.37. The van der Waals surface area contributed by atoms with Gasteiger partial charge < -0.3 is 28.2 Å². The Morgan fingerprint density at radius 1 is 1.05 bits per heavy atom. The molecule has 0 unspecified atom stereocenters. The summed E-state index contributed by atoms with van der Waals surface area (Å²) >= 11 is 0. The molecule has 0 saturated carbocycles. The number of rotatable bonds is 3. The van der Waals surface area contributed by atoms with Gasteiger partial charge in [-0.05, 0) is 12.1 Å². The molecule has 20 heavy (non-hydrogen) atoms. The minimum Gasteiger partial charge on any atom is -0.450 e. The van der Waals surface area contributed by atoms with Crippen molar-refractivity contribution in [3.8, 4) is 0 Å². The fraction of sp³-hybridized carbons (Fsp3) is 0. The van der Waals surface area contributed by atoms with Crippen LogP contribution in [0.4, 0.5) is 9.59 Å². The van der Waals surface area contributed by atoms with E-state index in [1.165, 1.54) is 12.1 Å². The summed E-state index contributed by atoms with van der Waals surface area (Å²) in [5.74, 6) is 0. The monoisotopic (exact) mass is 311 g/mol. The molecule has 0 spiro atoms. The molecule has 0 radical (unpaired) electrons. The topological polar surface area (TPSA) is 229 Å². The summed E-state index contributed by atoms with van der Waals surface area (Å²) in [6.07, 6.45) is -1.83. The van der Waals surface area contributed by atoms with Gasteiger partial charge in [0.05, 0.1) is 4.90 Å². The molecule has 12 heteroatoms. The molecule has 11 nitrogen and oxygen atoms in total. The molecule has 0 aliphatic carbocycles. The number of carboxylic acid groups (broad SMARTS) is 2. The van der Waals surface area contributed by atoms with Gasteiger partial charge in [0.2, 0.25) is 0 Å². The summed E-state index contributed by atoms with van der Waals surface area (Å²) in [6, 6.07) is 6.64. The summed E-state index contributed by atoms with van der Waals surface area (Å²) in [7, 11) is -3.72. The zero-order valence-electron chi connectivity index (χ0n) is 10.3. The van der Waals surface area contributed by atoms with Crippen molar-refractivity contribution in [1.82, 2.24) is 22.6 Å². The van der Waals surface area contributed by atoms with Crippen LogP contribution in [0.15, 0.2) is 35.2 Å². The first kappa shape index (κ1) is 22.7. The van der Waals surface area contributed by atoms with Crippen molar-refractivity contribution in [2.45, 2.75) is 4.90 Å². The molecule has 116 valence electrons. The van der Waals surface area contributed by atoms with Gasteiger partial charge in [0, 0.05) is 0 Å². The SMILES string of the molecule is N.N.NC(=O)NNS(=O)(=O)c1ccccc1.O=C(O)O. The third-order valence-corrected chi connectivity index (χ3v) is 2.63. The minimum atomic E-state index is -3.72. The average Bonchev–Trinajstić information content (AvgIpc) is 2.27. The smallest absolute Gasteiger partial charge is 0.450 e. The minimum absolute atomic E-state index is 0. The molecule has 0 aromatic heterocycles. The lowest BCUT2D eigenvalue weighted by Gasteiger charge is -2.05. The Kier molecular flexibility index (Phi) is 11.9. The molecule has 0 aliphatic heterocycles. The number of nitrogens with two attached hydrogens (primary N) is 1. The highest BCUT2D eigenvalue weighted by molar-refractivity contribution is 7.89. The van der Waals surface area contributed by atoms with Gasteiger partial charge in [-0.15, -0.1) is 4.83 Å². The van der Waals surface area contributed by atoms with Crippen molar-refractivity contribution < 1.29 is 28.2 Å². The van der Waals surface area contributed by atoms with E-state index in [2.05, 4.69) is 0 Å². The number of hydrogen-bond donors (Lipinski definition) is 7. The number of sulfonamides is 1. The van der Waals surface area contributed by atoms with E-state index in [0.29, 0.717) is 0 Å². The third-order valence-electron chi connectivity index (χ3n) is 1.36. The zero-order valence-corrected chi connectivity index (χ0v) is 11.1. The van der Waals surface area contributed by atoms with Crippen LogP contribution in [0.3, 0.4) is 0 Å². The third kappa shape index (κ3) is 10.7. The maximum atomic E-state index is 11.4. The van der Waals surface area contributed by atoms with E-state index in [-0.39, 0.29) is 17.2 Å². The normalized spacial score (nSPS) is 8.80. The Morgan fingerprint density at radius 2 is 1.45 bits per heavy atom.